The number of hydrogen-bond donors (Lipinski definition) is 2. The summed E-state index contributed by atoms with van der Waals surface area (Å²) in [4.78, 5) is 0.292. The maximum atomic E-state index is 11.9. The van der Waals surface area contributed by atoms with Gasteiger partial charge in [-0.25, -0.2) is 8.42 Å². The monoisotopic (exact) mass is 347 g/mol. The third-order valence-electron chi connectivity index (χ3n) is 2.50. The molecule has 2 rings (SSSR count). The lowest BCUT2D eigenvalue weighted by Crippen LogP contribution is -2.28. The van der Waals surface area contributed by atoms with Gasteiger partial charge in [-0.1, -0.05) is 15.9 Å². The van der Waals surface area contributed by atoms with Gasteiger partial charge in [-0.15, -0.1) is 0 Å². The Bertz CT molecular complexity index is 641. The highest BCUT2D eigenvalue weighted by atomic mass is 79.9. The molecule has 0 aromatic heterocycles. The number of hydrazone groups is 1. The van der Waals surface area contributed by atoms with Crippen LogP contribution in [0.1, 0.15) is 12.0 Å². The first-order chi connectivity index (χ1) is 8.40. The van der Waals surface area contributed by atoms with Crippen molar-refractivity contribution < 1.29 is 8.42 Å². The van der Waals surface area contributed by atoms with Crippen LogP contribution >= 0.6 is 28.1 Å². The molecule has 3 N–H and O–H groups in total. The van der Waals surface area contributed by atoms with Crippen molar-refractivity contribution in [2.24, 2.45) is 10.8 Å². The van der Waals surface area contributed by atoms with E-state index in [9.17, 15) is 8.42 Å². The van der Waals surface area contributed by atoms with Crippen molar-refractivity contribution in [2.75, 3.05) is 5.75 Å². The molecule has 0 radical (unpaired) electrons. The Balaban J connectivity index is 2.54. The topological polar surface area (TPSA) is 84.5 Å². The molecule has 1 aromatic rings. The molecule has 0 amide bonds. The van der Waals surface area contributed by atoms with Crippen LogP contribution in [0.15, 0.2) is 32.7 Å². The second-order valence-electron chi connectivity index (χ2n) is 3.74. The van der Waals surface area contributed by atoms with Crippen LogP contribution in [0.25, 0.3) is 0 Å². The Morgan fingerprint density at radius 1 is 1.50 bits per heavy atom. The highest BCUT2D eigenvalue weighted by Crippen LogP contribution is 2.28. The Morgan fingerprint density at radius 3 is 2.89 bits per heavy atom. The summed E-state index contributed by atoms with van der Waals surface area (Å²) in [5.74, 6) is 0.0411. The summed E-state index contributed by atoms with van der Waals surface area (Å²) in [6, 6.07) is 5.00. The number of halogens is 1. The van der Waals surface area contributed by atoms with E-state index in [-0.39, 0.29) is 10.9 Å². The highest BCUT2D eigenvalue weighted by molar-refractivity contribution is 9.10. The molecule has 0 fully saturated rings. The first-order valence-electron chi connectivity index (χ1n) is 5.05. The number of thiocarbonyl (C=S) groups is 1. The summed E-state index contributed by atoms with van der Waals surface area (Å²) >= 11 is 7.98. The molecule has 0 spiro atoms. The van der Waals surface area contributed by atoms with E-state index >= 15 is 0 Å². The van der Waals surface area contributed by atoms with E-state index in [2.05, 4.69) is 38.7 Å². The molecule has 18 heavy (non-hydrogen) atoms. The maximum absolute atomic E-state index is 11.9. The van der Waals surface area contributed by atoms with Gasteiger partial charge in [0.1, 0.15) is 0 Å². The molecule has 1 aliphatic rings. The quantitative estimate of drug-likeness (QED) is 0.588. The van der Waals surface area contributed by atoms with Crippen LogP contribution < -0.4 is 11.2 Å². The summed E-state index contributed by atoms with van der Waals surface area (Å²) < 4.78 is 24.6. The second-order valence-corrected chi connectivity index (χ2v) is 7.18. The Kier molecular flexibility index (Phi) is 3.69. The summed E-state index contributed by atoms with van der Waals surface area (Å²) in [5.41, 5.74) is 9.00. The van der Waals surface area contributed by atoms with Crippen LogP contribution in [0.5, 0.6) is 0 Å². The molecule has 0 aliphatic carbocycles. The van der Waals surface area contributed by atoms with Crippen LogP contribution in [-0.2, 0) is 9.84 Å². The predicted molar refractivity (Wildman–Crippen MR) is 77.3 cm³/mol. The van der Waals surface area contributed by atoms with Crippen molar-refractivity contribution >= 4 is 48.8 Å². The number of sulfone groups is 1. The van der Waals surface area contributed by atoms with Gasteiger partial charge in [0.05, 0.1) is 16.4 Å². The highest BCUT2D eigenvalue weighted by Gasteiger charge is 2.27. The molecule has 0 atom stereocenters. The third kappa shape index (κ3) is 2.70. The Morgan fingerprint density at radius 2 is 2.22 bits per heavy atom. The second kappa shape index (κ2) is 4.94. The van der Waals surface area contributed by atoms with Crippen LogP contribution in [0.2, 0.25) is 0 Å². The van der Waals surface area contributed by atoms with Gasteiger partial charge in [-0.2, -0.15) is 5.10 Å². The number of fused-ring (bicyclic) bond motifs is 1. The van der Waals surface area contributed by atoms with E-state index in [0.717, 1.165) is 4.47 Å². The van der Waals surface area contributed by atoms with Crippen molar-refractivity contribution in [2.45, 2.75) is 11.3 Å². The number of nitrogens with one attached hydrogen (secondary N) is 1. The number of nitrogens with zero attached hydrogens (tertiary/aromatic N) is 1. The third-order valence-corrected chi connectivity index (χ3v) is 4.85. The zero-order valence-corrected chi connectivity index (χ0v) is 12.4. The summed E-state index contributed by atoms with van der Waals surface area (Å²) in [5, 5.41) is 4.09. The molecule has 0 bridgehead atoms. The predicted octanol–water partition coefficient (Wildman–Crippen LogP) is 1.16. The van der Waals surface area contributed by atoms with Gasteiger partial charge in [0.2, 0.25) is 0 Å². The van der Waals surface area contributed by atoms with Crippen LogP contribution in [0.4, 0.5) is 0 Å². The fourth-order valence-electron chi connectivity index (χ4n) is 1.71. The normalized spacial score (nSPS) is 19.3. The van der Waals surface area contributed by atoms with Gasteiger partial charge < -0.3 is 5.73 Å². The van der Waals surface area contributed by atoms with Gasteiger partial charge >= 0.3 is 0 Å². The van der Waals surface area contributed by atoms with E-state index in [1.54, 1.807) is 18.2 Å². The minimum Gasteiger partial charge on any atom is -0.375 e. The van der Waals surface area contributed by atoms with Crippen molar-refractivity contribution in [3.05, 3.63) is 28.2 Å². The fraction of sp³-hybridized carbons (Fsp3) is 0.200. The zero-order chi connectivity index (χ0) is 13.3. The summed E-state index contributed by atoms with van der Waals surface area (Å²) in [6.45, 7) is 0. The smallest absolute Gasteiger partial charge is 0.184 e. The van der Waals surface area contributed by atoms with Gasteiger partial charge in [-0.3, -0.25) is 5.43 Å². The van der Waals surface area contributed by atoms with Crippen molar-refractivity contribution in [1.82, 2.24) is 5.43 Å². The number of rotatable bonds is 1. The van der Waals surface area contributed by atoms with Crippen LogP contribution in [-0.4, -0.2) is 25.0 Å². The molecule has 5 nitrogen and oxygen atoms in total. The minimum absolute atomic E-state index is 0.0411. The van der Waals surface area contributed by atoms with E-state index in [4.69, 9.17) is 5.73 Å². The van der Waals surface area contributed by atoms with Crippen molar-refractivity contribution in [1.29, 1.82) is 0 Å². The lowest BCUT2D eigenvalue weighted by Gasteiger charge is -2.18. The molecule has 0 saturated carbocycles. The Hall–Kier alpha value is -0.990. The largest absolute Gasteiger partial charge is 0.375 e. The molecular formula is C10H10BrN3O2S2. The molecule has 1 aliphatic heterocycles. The average molecular weight is 348 g/mol. The Labute approximate surface area is 118 Å². The maximum Gasteiger partial charge on any atom is 0.184 e. The standard InChI is InChI=1S/C10H10BrN3O2S2/c11-6-1-2-9-7(5-6)8(13-14-10(12)17)3-4-18(9,15)16/h1-2,5H,3-4H2,(H3,12,14,17)/b13-8+. The van der Waals surface area contributed by atoms with E-state index in [1.165, 1.54) is 0 Å². The summed E-state index contributed by atoms with van der Waals surface area (Å²) in [6.07, 6.45) is 0.335. The van der Waals surface area contributed by atoms with E-state index in [0.29, 0.717) is 22.6 Å². The van der Waals surface area contributed by atoms with E-state index < -0.39 is 9.84 Å². The lowest BCUT2D eigenvalue weighted by molar-refractivity contribution is 0.594. The van der Waals surface area contributed by atoms with Gasteiger partial charge in [0, 0.05) is 16.5 Å². The number of nitrogens with two attached hydrogens (primary N) is 1. The van der Waals surface area contributed by atoms with Gasteiger partial charge in [0.15, 0.2) is 14.9 Å². The van der Waals surface area contributed by atoms with Gasteiger partial charge in [-0.05, 0) is 30.4 Å². The SMILES string of the molecule is NC(=S)N/N=C1\CCS(=O)(=O)c2ccc(Br)cc21. The first kappa shape index (κ1) is 13.4. The number of benzene rings is 1. The molecule has 96 valence electrons. The lowest BCUT2D eigenvalue weighted by atomic mass is 10.1. The summed E-state index contributed by atoms with van der Waals surface area (Å²) in [7, 11) is -3.22. The molecule has 1 aromatic carbocycles. The van der Waals surface area contributed by atoms with Crippen LogP contribution in [0.3, 0.4) is 0 Å². The van der Waals surface area contributed by atoms with Crippen LogP contribution in [0, 0.1) is 0 Å². The van der Waals surface area contributed by atoms with Crippen molar-refractivity contribution in [3.8, 4) is 0 Å². The zero-order valence-electron chi connectivity index (χ0n) is 9.18. The van der Waals surface area contributed by atoms with E-state index in [1.807, 2.05) is 0 Å². The minimum atomic E-state index is -3.22. The average Bonchev–Trinajstić information content (AvgIpc) is 2.27. The molecular weight excluding hydrogens is 338 g/mol. The molecule has 0 unspecified atom stereocenters. The van der Waals surface area contributed by atoms with Crippen molar-refractivity contribution in [3.63, 3.8) is 0 Å². The first-order valence-corrected chi connectivity index (χ1v) is 7.90. The molecule has 8 heteroatoms. The van der Waals surface area contributed by atoms with Gasteiger partial charge in [0.25, 0.3) is 0 Å². The number of hydrogen-bond acceptors (Lipinski definition) is 4. The molecule has 1 heterocycles. The molecule has 0 saturated heterocycles. The fourth-order valence-corrected chi connectivity index (χ4v) is 3.59.